The van der Waals surface area contributed by atoms with Gasteiger partial charge >= 0.3 is 0 Å². The van der Waals surface area contributed by atoms with E-state index in [1.54, 1.807) is 12.4 Å². The van der Waals surface area contributed by atoms with Crippen molar-refractivity contribution in [2.24, 2.45) is 0 Å². The molecule has 3 aromatic rings. The van der Waals surface area contributed by atoms with Gasteiger partial charge < -0.3 is 15.2 Å². The minimum atomic E-state index is -0.725. The molecule has 5 nitrogen and oxygen atoms in total. The Labute approximate surface area is 142 Å². The van der Waals surface area contributed by atoms with E-state index in [9.17, 15) is 13.6 Å². The molecule has 1 aliphatic rings. The zero-order valence-electron chi connectivity index (χ0n) is 13.3. The molecule has 1 aromatic carbocycles. The van der Waals surface area contributed by atoms with Gasteiger partial charge in [-0.05, 0) is 30.7 Å². The molecule has 1 fully saturated rings. The number of aromatic amines is 1. The Morgan fingerprint density at radius 2 is 2.08 bits per heavy atom. The number of nitrogens with one attached hydrogen (secondary N) is 2. The molecule has 25 heavy (non-hydrogen) atoms. The number of hydrogen-bond acceptors (Lipinski definition) is 3. The largest absolute Gasteiger partial charge is 0.357 e. The molecule has 0 saturated carbocycles. The highest BCUT2D eigenvalue weighted by atomic mass is 19.1. The zero-order valence-corrected chi connectivity index (χ0v) is 13.3. The van der Waals surface area contributed by atoms with Crippen LogP contribution in [0.4, 0.5) is 14.5 Å². The summed E-state index contributed by atoms with van der Waals surface area (Å²) in [6, 6.07) is 6.97. The van der Waals surface area contributed by atoms with Crippen LogP contribution in [0.25, 0.3) is 10.9 Å². The third-order valence-corrected chi connectivity index (χ3v) is 4.43. The van der Waals surface area contributed by atoms with Gasteiger partial charge in [-0.1, -0.05) is 6.07 Å². The normalized spacial score (nSPS) is 17.6. The second kappa shape index (κ2) is 6.25. The maximum Gasteiger partial charge on any atom is 0.244 e. The molecule has 0 bridgehead atoms. The molecule has 128 valence electrons. The Balaban J connectivity index is 1.47. The van der Waals surface area contributed by atoms with E-state index in [1.807, 2.05) is 12.1 Å². The summed E-state index contributed by atoms with van der Waals surface area (Å²) in [6.45, 7) is 0.740. The number of para-hydroxylation sites is 1. The highest BCUT2D eigenvalue weighted by molar-refractivity contribution is 5.99. The number of halogens is 2. The lowest BCUT2D eigenvalue weighted by atomic mass is 10.2. The molecule has 1 saturated heterocycles. The molecule has 2 N–H and O–H groups in total. The van der Waals surface area contributed by atoms with Crippen LogP contribution in [0.1, 0.15) is 12.1 Å². The number of hydrogen-bond donors (Lipinski definition) is 2. The molecule has 1 atom stereocenters. The van der Waals surface area contributed by atoms with E-state index in [2.05, 4.69) is 15.3 Å². The van der Waals surface area contributed by atoms with Crippen molar-refractivity contribution in [2.45, 2.75) is 19.0 Å². The van der Waals surface area contributed by atoms with E-state index < -0.39 is 17.7 Å². The number of anilines is 1. The van der Waals surface area contributed by atoms with Crippen molar-refractivity contribution in [2.75, 3.05) is 11.4 Å². The van der Waals surface area contributed by atoms with Gasteiger partial charge in [-0.15, -0.1) is 0 Å². The first-order valence-electron chi connectivity index (χ1n) is 8.04. The van der Waals surface area contributed by atoms with Gasteiger partial charge in [0.05, 0.1) is 6.04 Å². The fraction of sp³-hybridized carbons (Fsp3) is 0.222. The van der Waals surface area contributed by atoms with Crippen LogP contribution in [0.15, 0.2) is 42.7 Å². The maximum atomic E-state index is 13.9. The Morgan fingerprint density at radius 3 is 2.84 bits per heavy atom. The molecule has 0 spiro atoms. The molecule has 1 unspecified atom stereocenters. The number of rotatable bonds is 4. The SMILES string of the molecule is O=C1C(NCc2cc3cnccc3[nH]2)CCN1c1c(F)cccc1F. The predicted molar refractivity (Wildman–Crippen MR) is 90.0 cm³/mol. The second-order valence-electron chi connectivity index (χ2n) is 6.04. The number of carbonyl (C=O) groups excluding carboxylic acids is 1. The lowest BCUT2D eigenvalue weighted by Gasteiger charge is -2.18. The Hall–Kier alpha value is -2.80. The zero-order chi connectivity index (χ0) is 17.4. The van der Waals surface area contributed by atoms with Crippen molar-refractivity contribution in [3.8, 4) is 0 Å². The van der Waals surface area contributed by atoms with Gasteiger partial charge in [0.15, 0.2) is 0 Å². The molecule has 7 heteroatoms. The van der Waals surface area contributed by atoms with Gasteiger partial charge in [0, 0.05) is 42.1 Å². The number of amides is 1. The molecule has 2 aromatic heterocycles. The van der Waals surface area contributed by atoms with E-state index >= 15 is 0 Å². The standard InChI is InChI=1S/C18H16F2N4O/c19-13-2-1-3-14(20)17(13)24-7-5-16(18(24)25)22-10-12-8-11-9-21-6-4-15(11)23-12/h1-4,6,8-9,16,22-23H,5,7,10H2. The fourth-order valence-electron chi connectivity index (χ4n) is 3.20. The summed E-state index contributed by atoms with van der Waals surface area (Å²) in [4.78, 5) is 21.0. The lowest BCUT2D eigenvalue weighted by Crippen LogP contribution is -2.38. The summed E-state index contributed by atoms with van der Waals surface area (Å²) < 4.78 is 27.8. The van der Waals surface area contributed by atoms with Gasteiger partial charge in [0.2, 0.25) is 5.91 Å². The van der Waals surface area contributed by atoms with Crippen LogP contribution < -0.4 is 10.2 Å². The third-order valence-electron chi connectivity index (χ3n) is 4.43. The minimum Gasteiger partial charge on any atom is -0.357 e. The number of fused-ring (bicyclic) bond motifs is 1. The third kappa shape index (κ3) is 2.87. The number of pyridine rings is 1. The van der Waals surface area contributed by atoms with E-state index in [4.69, 9.17) is 0 Å². The van der Waals surface area contributed by atoms with Crippen LogP contribution in [0.2, 0.25) is 0 Å². The maximum absolute atomic E-state index is 13.9. The molecule has 0 aliphatic carbocycles. The smallest absolute Gasteiger partial charge is 0.244 e. The summed E-state index contributed by atoms with van der Waals surface area (Å²) in [5, 5.41) is 4.15. The van der Waals surface area contributed by atoms with Crippen LogP contribution >= 0.6 is 0 Å². The summed E-state index contributed by atoms with van der Waals surface area (Å²) in [6.07, 6.45) is 3.96. The van der Waals surface area contributed by atoms with Crippen LogP contribution in [-0.4, -0.2) is 28.5 Å². The van der Waals surface area contributed by atoms with Crippen LogP contribution in [-0.2, 0) is 11.3 Å². The van der Waals surface area contributed by atoms with Crippen molar-refractivity contribution >= 4 is 22.5 Å². The first-order valence-corrected chi connectivity index (χ1v) is 8.04. The second-order valence-corrected chi connectivity index (χ2v) is 6.04. The Bertz CT molecular complexity index is 886. The van der Waals surface area contributed by atoms with Crippen molar-refractivity contribution < 1.29 is 13.6 Å². The van der Waals surface area contributed by atoms with E-state index in [0.29, 0.717) is 13.0 Å². The molecular formula is C18H16F2N4O. The van der Waals surface area contributed by atoms with E-state index in [-0.39, 0.29) is 18.1 Å². The highest BCUT2D eigenvalue weighted by Crippen LogP contribution is 2.27. The van der Waals surface area contributed by atoms with Gasteiger partial charge in [-0.3, -0.25) is 9.78 Å². The molecule has 4 rings (SSSR count). The minimum absolute atomic E-state index is 0.270. The van der Waals surface area contributed by atoms with Crippen molar-refractivity contribution in [1.82, 2.24) is 15.3 Å². The van der Waals surface area contributed by atoms with Crippen molar-refractivity contribution in [3.63, 3.8) is 0 Å². The first kappa shape index (κ1) is 15.7. The van der Waals surface area contributed by atoms with E-state index in [0.717, 1.165) is 28.7 Å². The highest BCUT2D eigenvalue weighted by Gasteiger charge is 2.35. The van der Waals surface area contributed by atoms with Crippen LogP contribution in [0.5, 0.6) is 0 Å². The number of benzene rings is 1. The molecular weight excluding hydrogens is 326 g/mol. The van der Waals surface area contributed by atoms with Crippen molar-refractivity contribution in [3.05, 3.63) is 60.1 Å². The quantitative estimate of drug-likeness (QED) is 0.766. The van der Waals surface area contributed by atoms with Gasteiger partial charge in [0.25, 0.3) is 0 Å². The summed E-state index contributed by atoms with van der Waals surface area (Å²) in [5.41, 5.74) is 1.62. The average Bonchev–Trinajstić information content (AvgIpc) is 3.17. The lowest BCUT2D eigenvalue weighted by molar-refractivity contribution is -0.118. The van der Waals surface area contributed by atoms with Gasteiger partial charge in [-0.2, -0.15) is 0 Å². The molecule has 3 heterocycles. The van der Waals surface area contributed by atoms with Crippen LogP contribution in [0, 0.1) is 11.6 Å². The molecule has 0 radical (unpaired) electrons. The number of nitrogens with zero attached hydrogens (tertiary/aromatic N) is 2. The van der Waals surface area contributed by atoms with Gasteiger partial charge in [0.1, 0.15) is 17.3 Å². The van der Waals surface area contributed by atoms with Gasteiger partial charge in [-0.25, -0.2) is 8.78 Å². The monoisotopic (exact) mass is 342 g/mol. The summed E-state index contributed by atoms with van der Waals surface area (Å²) in [7, 11) is 0. The Kier molecular flexibility index (Phi) is 3.93. The summed E-state index contributed by atoms with van der Waals surface area (Å²) >= 11 is 0. The predicted octanol–water partition coefficient (Wildman–Crippen LogP) is 2.74. The van der Waals surface area contributed by atoms with E-state index in [1.165, 1.54) is 11.0 Å². The number of aromatic nitrogens is 2. The van der Waals surface area contributed by atoms with Crippen molar-refractivity contribution in [1.29, 1.82) is 0 Å². The molecule has 1 amide bonds. The molecule has 1 aliphatic heterocycles. The number of H-pyrrole nitrogens is 1. The topological polar surface area (TPSA) is 61.0 Å². The summed E-state index contributed by atoms with van der Waals surface area (Å²) in [5.74, 6) is -1.77. The average molecular weight is 342 g/mol. The first-order chi connectivity index (χ1) is 12.1. The fourth-order valence-corrected chi connectivity index (χ4v) is 3.20. The van der Waals surface area contributed by atoms with Crippen LogP contribution in [0.3, 0.4) is 0 Å². The number of carbonyl (C=O) groups is 1. The Morgan fingerprint density at radius 1 is 1.28 bits per heavy atom.